The fourth-order valence-electron chi connectivity index (χ4n) is 2.26. The van der Waals surface area contributed by atoms with Gasteiger partial charge in [0.05, 0.1) is 16.0 Å². The van der Waals surface area contributed by atoms with Crippen molar-refractivity contribution in [2.75, 3.05) is 12.8 Å². The van der Waals surface area contributed by atoms with E-state index >= 15 is 0 Å². The van der Waals surface area contributed by atoms with Crippen molar-refractivity contribution in [2.24, 2.45) is 0 Å². The normalized spacial score (nSPS) is 10.8. The summed E-state index contributed by atoms with van der Waals surface area (Å²) in [5.74, 6) is 1.42. The Bertz CT molecular complexity index is 753. The van der Waals surface area contributed by atoms with Gasteiger partial charge in [0.25, 0.3) is 0 Å². The van der Waals surface area contributed by atoms with Crippen molar-refractivity contribution in [1.29, 1.82) is 0 Å². The summed E-state index contributed by atoms with van der Waals surface area (Å²) in [4.78, 5) is 18.6. The Labute approximate surface area is 144 Å². The monoisotopic (exact) mass is 342 g/mol. The lowest BCUT2D eigenvalue weighted by Crippen LogP contribution is -2.27. The summed E-state index contributed by atoms with van der Waals surface area (Å²) in [5, 5.41) is 1.08. The molecule has 0 bridgehead atoms. The van der Waals surface area contributed by atoms with Gasteiger partial charge in [-0.3, -0.25) is 4.79 Å². The van der Waals surface area contributed by atoms with Crippen LogP contribution < -0.4 is 0 Å². The Morgan fingerprint density at radius 1 is 1.13 bits per heavy atom. The summed E-state index contributed by atoms with van der Waals surface area (Å²) in [5.41, 5.74) is 2.19. The topological polar surface area (TPSA) is 33.2 Å². The summed E-state index contributed by atoms with van der Waals surface area (Å²) in [6, 6.07) is 18.2. The summed E-state index contributed by atoms with van der Waals surface area (Å²) in [6.45, 7) is 0.654. The molecule has 118 valence electrons. The number of benzene rings is 2. The summed E-state index contributed by atoms with van der Waals surface area (Å²) >= 11 is 3.33. The molecular formula is C18H18N2OS2. The predicted octanol–water partition coefficient (Wildman–Crippen LogP) is 4.19. The van der Waals surface area contributed by atoms with Crippen LogP contribution in [0.2, 0.25) is 0 Å². The van der Waals surface area contributed by atoms with Crippen LogP contribution >= 0.6 is 23.1 Å². The van der Waals surface area contributed by atoms with Crippen molar-refractivity contribution in [3.8, 4) is 0 Å². The molecule has 0 aliphatic heterocycles. The van der Waals surface area contributed by atoms with Crippen LogP contribution in [0.4, 0.5) is 0 Å². The molecule has 0 radical (unpaired) electrons. The highest BCUT2D eigenvalue weighted by Crippen LogP contribution is 2.24. The molecule has 2 aromatic carbocycles. The molecule has 1 aromatic heterocycles. The van der Waals surface area contributed by atoms with Gasteiger partial charge >= 0.3 is 0 Å². The zero-order valence-electron chi connectivity index (χ0n) is 12.9. The minimum atomic E-state index is 0.153. The first-order valence-corrected chi connectivity index (χ1v) is 9.39. The van der Waals surface area contributed by atoms with E-state index in [1.54, 1.807) is 28.0 Å². The smallest absolute Gasteiger partial charge is 0.232 e. The van der Waals surface area contributed by atoms with Crippen molar-refractivity contribution >= 4 is 39.2 Å². The molecule has 1 heterocycles. The van der Waals surface area contributed by atoms with Crippen molar-refractivity contribution in [2.45, 2.75) is 12.3 Å². The number of hydrogen-bond acceptors (Lipinski definition) is 4. The molecule has 5 heteroatoms. The van der Waals surface area contributed by atoms with E-state index in [0.717, 1.165) is 21.8 Å². The summed E-state index contributed by atoms with van der Waals surface area (Å²) in [6.07, 6.45) is 0. The van der Waals surface area contributed by atoms with Crippen molar-refractivity contribution in [3.05, 3.63) is 65.2 Å². The number of rotatable bonds is 6. The van der Waals surface area contributed by atoms with E-state index in [1.807, 2.05) is 55.6 Å². The van der Waals surface area contributed by atoms with E-state index < -0.39 is 0 Å². The van der Waals surface area contributed by atoms with Crippen LogP contribution in [0.5, 0.6) is 0 Å². The lowest BCUT2D eigenvalue weighted by molar-refractivity contribution is -0.127. The minimum absolute atomic E-state index is 0.153. The second-order valence-corrected chi connectivity index (χ2v) is 7.40. The Morgan fingerprint density at radius 2 is 1.87 bits per heavy atom. The number of hydrogen-bond donors (Lipinski definition) is 0. The molecule has 0 N–H and O–H groups in total. The van der Waals surface area contributed by atoms with Crippen LogP contribution in [0.1, 0.15) is 10.6 Å². The highest BCUT2D eigenvalue weighted by atomic mass is 32.2. The first kappa shape index (κ1) is 16.0. The molecule has 0 aliphatic carbocycles. The largest absolute Gasteiger partial charge is 0.341 e. The van der Waals surface area contributed by atoms with Crippen LogP contribution in [-0.2, 0) is 17.1 Å². The fraction of sp³-hybridized carbons (Fsp3) is 0.222. The molecule has 0 fully saturated rings. The van der Waals surface area contributed by atoms with E-state index in [-0.39, 0.29) is 5.91 Å². The van der Waals surface area contributed by atoms with Crippen LogP contribution in [0, 0.1) is 0 Å². The van der Waals surface area contributed by atoms with Gasteiger partial charge in [0, 0.05) is 19.3 Å². The van der Waals surface area contributed by atoms with Gasteiger partial charge in [0.1, 0.15) is 5.01 Å². The minimum Gasteiger partial charge on any atom is -0.341 e. The first-order chi connectivity index (χ1) is 11.2. The van der Waals surface area contributed by atoms with Crippen LogP contribution in [0.3, 0.4) is 0 Å². The predicted molar refractivity (Wildman–Crippen MR) is 98.7 cm³/mol. The second-order valence-electron chi connectivity index (χ2n) is 5.30. The number of aromatic nitrogens is 1. The first-order valence-electron chi connectivity index (χ1n) is 7.42. The molecule has 1 amide bonds. The Kier molecular flexibility index (Phi) is 5.31. The highest BCUT2D eigenvalue weighted by Gasteiger charge is 2.10. The van der Waals surface area contributed by atoms with Gasteiger partial charge in [-0.2, -0.15) is 0 Å². The number of carbonyl (C=O) groups is 1. The molecule has 0 spiro atoms. The third-order valence-corrected chi connectivity index (χ3v) is 5.63. The van der Waals surface area contributed by atoms with Crippen LogP contribution in [0.15, 0.2) is 54.6 Å². The molecule has 3 aromatic rings. The molecule has 0 aliphatic rings. The molecule has 3 nitrogen and oxygen atoms in total. The number of thiazole rings is 1. The molecule has 0 unspecified atom stereocenters. The number of fused-ring (bicyclic) bond motifs is 1. The molecule has 3 rings (SSSR count). The fourth-order valence-corrected chi connectivity index (χ4v) is 4.25. The number of thioether (sulfide) groups is 1. The van der Waals surface area contributed by atoms with Gasteiger partial charge in [0.2, 0.25) is 5.91 Å². The maximum Gasteiger partial charge on any atom is 0.232 e. The van der Waals surface area contributed by atoms with E-state index in [0.29, 0.717) is 12.3 Å². The summed E-state index contributed by atoms with van der Waals surface area (Å²) in [7, 11) is 1.85. The van der Waals surface area contributed by atoms with Crippen LogP contribution in [-0.4, -0.2) is 28.6 Å². The van der Waals surface area contributed by atoms with Gasteiger partial charge in [0.15, 0.2) is 0 Å². The van der Waals surface area contributed by atoms with Crippen molar-refractivity contribution in [3.63, 3.8) is 0 Å². The SMILES string of the molecule is CN(Cc1ccccc1)C(=O)CSCc1nc2ccccc2s1. The van der Waals surface area contributed by atoms with Crippen molar-refractivity contribution < 1.29 is 4.79 Å². The Morgan fingerprint density at radius 3 is 2.65 bits per heavy atom. The van der Waals surface area contributed by atoms with E-state index in [4.69, 9.17) is 0 Å². The maximum absolute atomic E-state index is 12.2. The molecule has 0 atom stereocenters. The van der Waals surface area contributed by atoms with E-state index in [9.17, 15) is 4.79 Å². The molecule has 23 heavy (non-hydrogen) atoms. The van der Waals surface area contributed by atoms with Crippen molar-refractivity contribution in [1.82, 2.24) is 9.88 Å². The van der Waals surface area contributed by atoms with Gasteiger partial charge in [-0.1, -0.05) is 42.5 Å². The van der Waals surface area contributed by atoms with Gasteiger partial charge < -0.3 is 4.90 Å². The van der Waals surface area contributed by atoms with Gasteiger partial charge in [-0.15, -0.1) is 23.1 Å². The molecule has 0 saturated heterocycles. The zero-order chi connectivity index (χ0) is 16.1. The highest BCUT2D eigenvalue weighted by molar-refractivity contribution is 7.99. The number of amides is 1. The average molecular weight is 342 g/mol. The van der Waals surface area contributed by atoms with Gasteiger partial charge in [-0.25, -0.2) is 4.98 Å². The maximum atomic E-state index is 12.2. The molecular weight excluding hydrogens is 324 g/mol. The van der Waals surface area contributed by atoms with E-state index in [1.165, 1.54) is 4.70 Å². The average Bonchev–Trinajstić information content (AvgIpc) is 2.98. The standard InChI is InChI=1S/C18H18N2OS2/c1-20(11-14-7-3-2-4-8-14)18(21)13-22-12-17-19-15-9-5-6-10-16(15)23-17/h2-10H,11-13H2,1H3. The van der Waals surface area contributed by atoms with E-state index in [2.05, 4.69) is 11.1 Å². The quantitative estimate of drug-likeness (QED) is 0.673. The van der Waals surface area contributed by atoms with Crippen LogP contribution in [0.25, 0.3) is 10.2 Å². The number of carbonyl (C=O) groups excluding carboxylic acids is 1. The lowest BCUT2D eigenvalue weighted by Gasteiger charge is -2.16. The zero-order valence-corrected chi connectivity index (χ0v) is 14.6. The Balaban J connectivity index is 1.48. The lowest BCUT2D eigenvalue weighted by atomic mass is 10.2. The number of para-hydroxylation sites is 1. The number of nitrogens with zero attached hydrogens (tertiary/aromatic N) is 2. The molecule has 0 saturated carbocycles. The second kappa shape index (κ2) is 7.62. The Hall–Kier alpha value is -1.85. The summed E-state index contributed by atoms with van der Waals surface area (Å²) < 4.78 is 1.20. The third-order valence-electron chi connectivity index (χ3n) is 3.48. The van der Waals surface area contributed by atoms with Gasteiger partial charge in [-0.05, 0) is 17.7 Å². The third kappa shape index (κ3) is 4.33.